The number of rotatable bonds is 9. The van der Waals surface area contributed by atoms with Crippen LogP contribution in [0.4, 0.5) is 0 Å². The summed E-state index contributed by atoms with van der Waals surface area (Å²) in [5.74, 6) is 2.70. The Morgan fingerprint density at radius 2 is 1.74 bits per heavy atom. The second-order valence-corrected chi connectivity index (χ2v) is 10.3. The van der Waals surface area contributed by atoms with Gasteiger partial charge in [-0.3, -0.25) is 4.90 Å². The van der Waals surface area contributed by atoms with E-state index in [1.165, 1.54) is 38.5 Å². The minimum atomic E-state index is -0.226. The number of nitrogens with zero attached hydrogens (tertiary/aromatic N) is 1. The molecule has 1 aliphatic heterocycles. The van der Waals surface area contributed by atoms with Crippen molar-refractivity contribution in [1.82, 2.24) is 4.90 Å². The number of likely N-dealkylation sites (tertiary alicyclic amines) is 1. The fourth-order valence-corrected chi connectivity index (χ4v) is 6.63. The van der Waals surface area contributed by atoms with Crippen LogP contribution in [-0.2, 0) is 4.74 Å². The number of ether oxygens (including phenoxy) is 1. The first-order chi connectivity index (χ1) is 13.0. The first-order valence-electron chi connectivity index (χ1n) is 11.6. The molecule has 0 aromatic carbocycles. The van der Waals surface area contributed by atoms with Crippen LogP contribution in [0.2, 0.25) is 0 Å². The predicted octanol–water partition coefficient (Wildman–Crippen LogP) is 3.84. The SMILES string of the molecule is CC1CC2C[C@@H](C)CC(COCCCCCN3CCC(O)C[C@H]3CO)(C1)C2. The van der Waals surface area contributed by atoms with Crippen molar-refractivity contribution in [2.24, 2.45) is 23.2 Å². The molecule has 3 fully saturated rings. The molecule has 158 valence electrons. The van der Waals surface area contributed by atoms with Crippen LogP contribution in [-0.4, -0.2) is 60.2 Å². The van der Waals surface area contributed by atoms with Crippen LogP contribution in [0.15, 0.2) is 0 Å². The van der Waals surface area contributed by atoms with Crippen LogP contribution >= 0.6 is 0 Å². The van der Waals surface area contributed by atoms with Gasteiger partial charge in [-0.2, -0.15) is 0 Å². The molecule has 2 saturated carbocycles. The summed E-state index contributed by atoms with van der Waals surface area (Å²) in [5.41, 5.74) is 0.475. The summed E-state index contributed by atoms with van der Waals surface area (Å²) in [6.45, 7) is 8.89. The van der Waals surface area contributed by atoms with E-state index in [0.717, 1.165) is 69.7 Å². The molecule has 2 bridgehead atoms. The average Bonchev–Trinajstić information content (AvgIpc) is 2.60. The smallest absolute Gasteiger partial charge is 0.0587 e. The van der Waals surface area contributed by atoms with Crippen molar-refractivity contribution < 1.29 is 14.9 Å². The Morgan fingerprint density at radius 3 is 2.44 bits per heavy atom. The van der Waals surface area contributed by atoms with Crippen molar-refractivity contribution in [3.05, 3.63) is 0 Å². The lowest BCUT2D eigenvalue weighted by Crippen LogP contribution is -2.46. The lowest BCUT2D eigenvalue weighted by Gasteiger charge is -2.49. The number of hydrogen-bond donors (Lipinski definition) is 2. The van der Waals surface area contributed by atoms with E-state index in [1.807, 2.05) is 0 Å². The highest BCUT2D eigenvalue weighted by Crippen LogP contribution is 2.52. The van der Waals surface area contributed by atoms with E-state index in [2.05, 4.69) is 18.7 Å². The Kier molecular flexibility index (Phi) is 8.02. The number of hydrogen-bond acceptors (Lipinski definition) is 4. The fraction of sp³-hybridized carbons (Fsp3) is 1.00. The Bertz CT molecular complexity index is 424. The maximum Gasteiger partial charge on any atom is 0.0587 e. The average molecular weight is 382 g/mol. The van der Waals surface area contributed by atoms with Crippen molar-refractivity contribution in [2.45, 2.75) is 90.2 Å². The van der Waals surface area contributed by atoms with E-state index in [0.29, 0.717) is 5.41 Å². The largest absolute Gasteiger partial charge is 0.395 e. The van der Waals surface area contributed by atoms with Gasteiger partial charge in [-0.05, 0) is 93.9 Å². The lowest BCUT2D eigenvalue weighted by molar-refractivity contribution is -0.0519. The molecular weight excluding hydrogens is 338 g/mol. The van der Waals surface area contributed by atoms with Crippen molar-refractivity contribution in [3.8, 4) is 0 Å². The molecule has 1 saturated heterocycles. The van der Waals surface area contributed by atoms with Gasteiger partial charge in [0.05, 0.1) is 19.3 Å². The van der Waals surface area contributed by atoms with E-state index in [4.69, 9.17) is 4.74 Å². The Morgan fingerprint density at radius 1 is 1.00 bits per heavy atom. The van der Waals surface area contributed by atoms with Crippen LogP contribution in [0.25, 0.3) is 0 Å². The standard InChI is InChI=1S/C23H43NO3/c1-18-10-20-11-19(2)14-23(13-18,15-20)17-27-9-5-3-4-7-24-8-6-22(26)12-21(24)16-25/h18-22,25-26H,3-17H2,1-2H3/t18-,19?,20?,21+,22?,23?/m1/s1. The zero-order valence-electron chi connectivity index (χ0n) is 17.7. The molecule has 0 spiro atoms. The third-order valence-corrected chi connectivity index (χ3v) is 7.42. The van der Waals surface area contributed by atoms with Gasteiger partial charge in [-0.15, -0.1) is 0 Å². The molecule has 2 N–H and O–H groups in total. The molecule has 3 aliphatic rings. The molecule has 4 unspecified atom stereocenters. The van der Waals surface area contributed by atoms with Crippen LogP contribution < -0.4 is 0 Å². The summed E-state index contributed by atoms with van der Waals surface area (Å²) in [6.07, 6.45) is 11.9. The van der Waals surface area contributed by atoms with Crippen LogP contribution in [0.3, 0.4) is 0 Å². The number of piperidine rings is 1. The summed E-state index contributed by atoms with van der Waals surface area (Å²) in [4.78, 5) is 2.36. The van der Waals surface area contributed by atoms with E-state index in [1.54, 1.807) is 0 Å². The van der Waals surface area contributed by atoms with Gasteiger partial charge in [-0.1, -0.05) is 13.8 Å². The molecule has 0 aromatic heterocycles. The van der Waals surface area contributed by atoms with E-state index >= 15 is 0 Å². The van der Waals surface area contributed by atoms with Gasteiger partial charge >= 0.3 is 0 Å². The summed E-state index contributed by atoms with van der Waals surface area (Å²) in [7, 11) is 0. The zero-order chi connectivity index (χ0) is 19.3. The first-order valence-corrected chi connectivity index (χ1v) is 11.6. The number of unbranched alkanes of at least 4 members (excludes halogenated alkanes) is 2. The Balaban J connectivity index is 1.29. The second kappa shape index (κ2) is 10.0. The molecule has 0 radical (unpaired) electrons. The highest BCUT2D eigenvalue weighted by Gasteiger charge is 2.44. The fourth-order valence-electron chi connectivity index (χ4n) is 6.63. The normalized spacial score (nSPS) is 40.2. The molecule has 2 aliphatic carbocycles. The Labute approximate surface area is 166 Å². The van der Waals surface area contributed by atoms with E-state index in [-0.39, 0.29) is 18.8 Å². The summed E-state index contributed by atoms with van der Waals surface area (Å²) in [5, 5.41) is 19.3. The van der Waals surface area contributed by atoms with Crippen molar-refractivity contribution in [2.75, 3.05) is 32.9 Å². The lowest BCUT2D eigenvalue weighted by atomic mass is 9.57. The molecule has 4 heteroatoms. The van der Waals surface area contributed by atoms with Gasteiger partial charge in [0.2, 0.25) is 0 Å². The van der Waals surface area contributed by atoms with Crippen LogP contribution in [0, 0.1) is 23.2 Å². The van der Waals surface area contributed by atoms with E-state index < -0.39 is 0 Å². The maximum absolute atomic E-state index is 9.74. The van der Waals surface area contributed by atoms with Gasteiger partial charge in [0.15, 0.2) is 0 Å². The summed E-state index contributed by atoms with van der Waals surface area (Å²) in [6, 6.07) is 0.152. The second-order valence-electron chi connectivity index (χ2n) is 10.3. The topological polar surface area (TPSA) is 52.9 Å². The minimum Gasteiger partial charge on any atom is -0.395 e. The maximum atomic E-state index is 9.74. The minimum absolute atomic E-state index is 0.152. The van der Waals surface area contributed by atoms with Gasteiger partial charge in [0.25, 0.3) is 0 Å². The molecule has 1 heterocycles. The molecule has 3 rings (SSSR count). The molecule has 0 aromatic rings. The molecule has 27 heavy (non-hydrogen) atoms. The predicted molar refractivity (Wildman–Crippen MR) is 110 cm³/mol. The van der Waals surface area contributed by atoms with Crippen molar-refractivity contribution in [1.29, 1.82) is 0 Å². The molecule has 0 amide bonds. The summed E-state index contributed by atoms with van der Waals surface area (Å²) < 4.78 is 6.21. The molecular formula is C23H43NO3. The van der Waals surface area contributed by atoms with Gasteiger partial charge < -0.3 is 14.9 Å². The number of aliphatic hydroxyl groups excluding tert-OH is 2. The van der Waals surface area contributed by atoms with Crippen molar-refractivity contribution in [3.63, 3.8) is 0 Å². The zero-order valence-corrected chi connectivity index (χ0v) is 17.7. The van der Waals surface area contributed by atoms with Gasteiger partial charge in [0, 0.05) is 19.2 Å². The highest BCUT2D eigenvalue weighted by atomic mass is 16.5. The van der Waals surface area contributed by atoms with Crippen LogP contribution in [0.1, 0.15) is 78.1 Å². The third kappa shape index (κ3) is 6.16. The highest BCUT2D eigenvalue weighted by molar-refractivity contribution is 4.94. The first kappa shape index (κ1) is 21.5. The third-order valence-electron chi connectivity index (χ3n) is 7.42. The van der Waals surface area contributed by atoms with Gasteiger partial charge in [0.1, 0.15) is 0 Å². The molecule has 4 nitrogen and oxygen atoms in total. The number of aliphatic hydroxyl groups is 2. The summed E-state index contributed by atoms with van der Waals surface area (Å²) >= 11 is 0. The Hall–Kier alpha value is -0.160. The van der Waals surface area contributed by atoms with Gasteiger partial charge in [-0.25, -0.2) is 0 Å². The number of fused-ring (bicyclic) bond motifs is 2. The van der Waals surface area contributed by atoms with Crippen molar-refractivity contribution >= 4 is 0 Å². The quantitative estimate of drug-likeness (QED) is 0.596. The van der Waals surface area contributed by atoms with E-state index in [9.17, 15) is 10.2 Å². The van der Waals surface area contributed by atoms with Crippen LogP contribution in [0.5, 0.6) is 0 Å². The molecule has 6 atom stereocenters. The monoisotopic (exact) mass is 381 g/mol.